The summed E-state index contributed by atoms with van der Waals surface area (Å²) in [5, 5.41) is 1.77. The van der Waals surface area contributed by atoms with Crippen molar-refractivity contribution < 1.29 is 18.3 Å². The molecule has 130 valence electrons. The van der Waals surface area contributed by atoms with E-state index in [0.29, 0.717) is 21.5 Å². The van der Waals surface area contributed by atoms with Gasteiger partial charge in [-0.3, -0.25) is 4.79 Å². The summed E-state index contributed by atoms with van der Waals surface area (Å²) in [5.74, 6) is -0.374. The Kier molecular flexibility index (Phi) is 4.10. The fourth-order valence-electron chi connectivity index (χ4n) is 2.41. The largest absolute Gasteiger partial charge is 0.452 e. The number of fused-ring (bicyclic) bond motifs is 1. The molecular weight excluding hydrogens is 359 g/mol. The maximum Gasteiger partial charge on any atom is 0.374 e. The highest BCUT2D eigenvalue weighted by atomic mass is 32.1. The lowest BCUT2D eigenvalue weighted by molar-refractivity contribution is 0.0427. The number of hydrogen-bond donors (Lipinski definition) is 1. The van der Waals surface area contributed by atoms with Gasteiger partial charge in [-0.25, -0.2) is 14.2 Å². The number of carbonyl (C=O) groups excluding carboxylic acids is 1. The lowest BCUT2D eigenvalue weighted by Crippen LogP contribution is -2.13. The summed E-state index contributed by atoms with van der Waals surface area (Å²) < 4.78 is 24.1. The van der Waals surface area contributed by atoms with E-state index in [4.69, 9.17) is 9.15 Å². The average Bonchev–Trinajstić information content (AvgIpc) is 3.30. The first-order chi connectivity index (χ1) is 12.6. The molecule has 3 heterocycles. The van der Waals surface area contributed by atoms with Crippen molar-refractivity contribution in [1.82, 2.24) is 9.97 Å². The molecule has 0 saturated heterocycles. The average molecular weight is 370 g/mol. The molecule has 4 aromatic rings. The number of halogens is 1. The third-order valence-electron chi connectivity index (χ3n) is 3.64. The molecule has 0 aliphatic heterocycles. The van der Waals surface area contributed by atoms with Crippen molar-refractivity contribution in [2.45, 2.75) is 6.61 Å². The van der Waals surface area contributed by atoms with Crippen LogP contribution in [0.25, 0.3) is 21.5 Å². The summed E-state index contributed by atoms with van der Waals surface area (Å²) >= 11 is 1.29. The van der Waals surface area contributed by atoms with Gasteiger partial charge < -0.3 is 14.1 Å². The summed E-state index contributed by atoms with van der Waals surface area (Å²) in [6.45, 7) is -0.188. The van der Waals surface area contributed by atoms with Crippen LogP contribution in [-0.2, 0) is 11.3 Å². The van der Waals surface area contributed by atoms with Gasteiger partial charge in [0.25, 0.3) is 5.56 Å². The maximum atomic E-state index is 13.0. The van der Waals surface area contributed by atoms with E-state index in [0.717, 1.165) is 0 Å². The van der Waals surface area contributed by atoms with Crippen LogP contribution in [0.2, 0.25) is 0 Å². The van der Waals surface area contributed by atoms with Gasteiger partial charge in [-0.05, 0) is 47.8 Å². The van der Waals surface area contributed by atoms with Gasteiger partial charge in [0.2, 0.25) is 5.76 Å². The van der Waals surface area contributed by atoms with Crippen LogP contribution in [0.15, 0.2) is 57.1 Å². The van der Waals surface area contributed by atoms with Crippen LogP contribution in [0.5, 0.6) is 0 Å². The van der Waals surface area contributed by atoms with E-state index in [-0.39, 0.29) is 29.6 Å². The van der Waals surface area contributed by atoms with Crippen LogP contribution < -0.4 is 5.56 Å². The standard InChI is InChI=1S/C18H11FN2O4S/c19-11-3-1-10(2-4-11)13-5-6-14(25-13)18(23)24-9-15-20-12-7-8-26-16(12)17(22)21-15/h1-8H,9H2,(H,20,21,22). The minimum absolute atomic E-state index is 0.00304. The zero-order valence-corrected chi connectivity index (χ0v) is 14.0. The molecule has 26 heavy (non-hydrogen) atoms. The smallest absolute Gasteiger partial charge is 0.374 e. The maximum absolute atomic E-state index is 13.0. The number of H-pyrrole nitrogens is 1. The molecule has 1 N–H and O–H groups in total. The quantitative estimate of drug-likeness (QED) is 0.553. The van der Waals surface area contributed by atoms with Crippen molar-refractivity contribution in [2.24, 2.45) is 0 Å². The van der Waals surface area contributed by atoms with Gasteiger partial charge in [0.05, 0.1) is 5.52 Å². The van der Waals surface area contributed by atoms with Gasteiger partial charge in [0.15, 0.2) is 0 Å². The molecule has 8 heteroatoms. The van der Waals surface area contributed by atoms with Crippen LogP contribution in [0.1, 0.15) is 16.4 Å². The van der Waals surface area contributed by atoms with Crippen LogP contribution in [0.4, 0.5) is 4.39 Å². The number of carbonyl (C=O) groups is 1. The molecule has 6 nitrogen and oxygen atoms in total. The third kappa shape index (κ3) is 3.14. The Hall–Kier alpha value is -3.26. The number of nitrogens with zero attached hydrogens (tertiary/aromatic N) is 1. The lowest BCUT2D eigenvalue weighted by Gasteiger charge is -2.03. The van der Waals surface area contributed by atoms with Crippen molar-refractivity contribution in [2.75, 3.05) is 0 Å². The molecule has 0 atom stereocenters. The van der Waals surface area contributed by atoms with Gasteiger partial charge in [-0.1, -0.05) is 0 Å². The van der Waals surface area contributed by atoms with Gasteiger partial charge in [-0.2, -0.15) is 0 Å². The van der Waals surface area contributed by atoms with Crippen LogP contribution >= 0.6 is 11.3 Å². The normalized spacial score (nSPS) is 11.0. The Labute approximate surface area is 149 Å². The molecule has 0 bridgehead atoms. The SMILES string of the molecule is O=C(OCc1nc2ccsc2c(=O)[nH]1)c1ccc(-c2ccc(F)cc2)o1. The molecule has 0 saturated carbocycles. The number of hydrogen-bond acceptors (Lipinski definition) is 6. The van der Waals surface area contributed by atoms with E-state index in [1.54, 1.807) is 29.6 Å². The Bertz CT molecular complexity index is 1140. The Morgan fingerprint density at radius 3 is 2.81 bits per heavy atom. The lowest BCUT2D eigenvalue weighted by atomic mass is 10.2. The molecule has 0 aliphatic carbocycles. The molecule has 0 radical (unpaired) electrons. The second kappa shape index (κ2) is 6.57. The third-order valence-corrected chi connectivity index (χ3v) is 4.54. The zero-order valence-electron chi connectivity index (χ0n) is 13.2. The zero-order chi connectivity index (χ0) is 18.1. The number of thiophene rings is 1. The molecule has 0 aliphatic rings. The Morgan fingerprint density at radius 2 is 2.00 bits per heavy atom. The van der Waals surface area contributed by atoms with E-state index in [1.807, 2.05) is 0 Å². The molecule has 0 spiro atoms. The van der Waals surface area contributed by atoms with Gasteiger partial charge in [-0.15, -0.1) is 11.3 Å². The second-order valence-corrected chi connectivity index (χ2v) is 6.31. The first kappa shape index (κ1) is 16.2. The summed E-state index contributed by atoms with van der Waals surface area (Å²) in [5.41, 5.74) is 0.924. The predicted octanol–water partition coefficient (Wildman–Crippen LogP) is 3.74. The summed E-state index contributed by atoms with van der Waals surface area (Å²) in [6.07, 6.45) is 0. The number of aromatic nitrogens is 2. The van der Waals surface area contributed by atoms with Crippen molar-refractivity contribution in [1.29, 1.82) is 0 Å². The molecule has 4 rings (SSSR count). The monoisotopic (exact) mass is 370 g/mol. The molecular formula is C18H11FN2O4S. The molecule has 0 fully saturated rings. The summed E-state index contributed by atoms with van der Waals surface area (Å²) in [6, 6.07) is 10.5. The highest BCUT2D eigenvalue weighted by molar-refractivity contribution is 7.17. The number of furan rings is 1. The highest BCUT2D eigenvalue weighted by Gasteiger charge is 2.15. The van der Waals surface area contributed by atoms with Crippen LogP contribution in [-0.4, -0.2) is 15.9 Å². The minimum atomic E-state index is -0.688. The van der Waals surface area contributed by atoms with Crippen LogP contribution in [0, 0.1) is 5.82 Å². The first-order valence-electron chi connectivity index (χ1n) is 7.59. The topological polar surface area (TPSA) is 85.2 Å². The predicted molar refractivity (Wildman–Crippen MR) is 93.5 cm³/mol. The molecule has 1 aromatic carbocycles. The van der Waals surface area contributed by atoms with Gasteiger partial charge in [0.1, 0.15) is 28.7 Å². The van der Waals surface area contributed by atoms with E-state index >= 15 is 0 Å². The molecule has 0 unspecified atom stereocenters. The highest BCUT2D eigenvalue weighted by Crippen LogP contribution is 2.23. The van der Waals surface area contributed by atoms with Gasteiger partial charge in [0, 0.05) is 5.56 Å². The number of rotatable bonds is 4. The second-order valence-electron chi connectivity index (χ2n) is 5.39. The first-order valence-corrected chi connectivity index (χ1v) is 8.47. The number of aromatic amines is 1. The van der Waals surface area contributed by atoms with E-state index in [9.17, 15) is 14.0 Å². The van der Waals surface area contributed by atoms with Gasteiger partial charge >= 0.3 is 5.97 Å². The fourth-order valence-corrected chi connectivity index (χ4v) is 3.14. The molecule has 0 amide bonds. The van der Waals surface area contributed by atoms with E-state index in [2.05, 4.69) is 9.97 Å². The number of esters is 1. The van der Waals surface area contributed by atoms with Crippen molar-refractivity contribution >= 4 is 27.5 Å². The Balaban J connectivity index is 1.48. The number of nitrogens with one attached hydrogen (secondary N) is 1. The number of benzene rings is 1. The van der Waals surface area contributed by atoms with E-state index in [1.165, 1.54) is 29.5 Å². The van der Waals surface area contributed by atoms with Crippen LogP contribution in [0.3, 0.4) is 0 Å². The fraction of sp³-hybridized carbons (Fsp3) is 0.0556. The minimum Gasteiger partial charge on any atom is -0.452 e. The molecule has 3 aromatic heterocycles. The Morgan fingerprint density at radius 1 is 1.19 bits per heavy atom. The van der Waals surface area contributed by atoms with Crippen molar-refractivity contribution in [3.05, 3.63) is 75.6 Å². The number of ether oxygens (including phenoxy) is 1. The van der Waals surface area contributed by atoms with Crippen molar-refractivity contribution in [3.63, 3.8) is 0 Å². The summed E-state index contributed by atoms with van der Waals surface area (Å²) in [4.78, 5) is 30.8. The van der Waals surface area contributed by atoms with E-state index < -0.39 is 5.97 Å². The van der Waals surface area contributed by atoms with Crippen molar-refractivity contribution in [3.8, 4) is 11.3 Å². The summed E-state index contributed by atoms with van der Waals surface area (Å²) in [7, 11) is 0.